The minimum atomic E-state index is -0.653. The number of fused-ring (bicyclic) bond motifs is 1. The lowest BCUT2D eigenvalue weighted by molar-refractivity contribution is 0.174. The summed E-state index contributed by atoms with van der Waals surface area (Å²) in [6.07, 6.45) is 0. The van der Waals surface area contributed by atoms with Crippen LogP contribution < -0.4 is 14.8 Å². The van der Waals surface area contributed by atoms with Crippen LogP contribution in [0.15, 0.2) is 34.8 Å². The van der Waals surface area contributed by atoms with Crippen LogP contribution in [-0.2, 0) is 6.54 Å². The van der Waals surface area contributed by atoms with Gasteiger partial charge in [-0.1, -0.05) is 15.9 Å². The summed E-state index contributed by atoms with van der Waals surface area (Å²) in [7, 11) is 0. The molecule has 2 N–H and O–H groups in total. The Morgan fingerprint density at radius 1 is 1.20 bits per heavy atom. The maximum Gasteiger partial charge on any atom is 0.231 e. The molecule has 0 radical (unpaired) electrons. The monoisotopic (exact) mass is 339 g/mol. The van der Waals surface area contributed by atoms with E-state index in [0.717, 1.165) is 10.0 Å². The highest BCUT2D eigenvalue weighted by molar-refractivity contribution is 9.10. The van der Waals surface area contributed by atoms with Gasteiger partial charge in [-0.15, -0.1) is 0 Å². The van der Waals surface area contributed by atoms with Gasteiger partial charge < -0.3 is 19.9 Å². The second kappa shape index (κ2) is 5.20. The third-order valence-corrected chi connectivity index (χ3v) is 3.71. The predicted molar refractivity (Wildman–Crippen MR) is 75.7 cm³/mol. The highest BCUT2D eigenvalue weighted by Gasteiger charge is 2.16. The molecule has 3 rings (SSSR count). The van der Waals surface area contributed by atoms with E-state index in [1.807, 2.05) is 12.1 Å². The molecule has 4 nitrogen and oxygen atoms in total. The summed E-state index contributed by atoms with van der Waals surface area (Å²) in [5.41, 5.74) is 1.55. The first-order valence-corrected chi connectivity index (χ1v) is 6.73. The summed E-state index contributed by atoms with van der Waals surface area (Å²) in [5, 5.41) is 12.2. The highest BCUT2D eigenvalue weighted by atomic mass is 79.9. The zero-order chi connectivity index (χ0) is 14.1. The van der Waals surface area contributed by atoms with E-state index < -0.39 is 5.82 Å². The van der Waals surface area contributed by atoms with E-state index in [4.69, 9.17) is 14.6 Å². The lowest BCUT2D eigenvalue weighted by Gasteiger charge is -2.10. The van der Waals surface area contributed by atoms with Crippen LogP contribution in [0.1, 0.15) is 5.56 Å². The molecular formula is C14H11BrFNO3. The Kier molecular flexibility index (Phi) is 3.40. The maximum absolute atomic E-state index is 13.2. The van der Waals surface area contributed by atoms with Crippen molar-refractivity contribution < 1.29 is 19.0 Å². The van der Waals surface area contributed by atoms with Gasteiger partial charge in [-0.3, -0.25) is 0 Å². The van der Waals surface area contributed by atoms with E-state index in [2.05, 4.69) is 21.2 Å². The van der Waals surface area contributed by atoms with Crippen LogP contribution >= 0.6 is 15.9 Å². The zero-order valence-electron chi connectivity index (χ0n) is 10.3. The van der Waals surface area contributed by atoms with E-state index in [-0.39, 0.29) is 12.5 Å². The summed E-state index contributed by atoms with van der Waals surface area (Å²) in [6.45, 7) is 0.712. The predicted octanol–water partition coefficient (Wildman–Crippen LogP) is 3.63. The average molecular weight is 340 g/mol. The van der Waals surface area contributed by atoms with Crippen molar-refractivity contribution in [3.05, 3.63) is 46.2 Å². The van der Waals surface area contributed by atoms with Gasteiger partial charge in [0.25, 0.3) is 0 Å². The van der Waals surface area contributed by atoms with Crippen LogP contribution in [0.5, 0.6) is 17.2 Å². The van der Waals surface area contributed by atoms with Crippen molar-refractivity contribution in [3.63, 3.8) is 0 Å². The molecule has 1 heterocycles. The van der Waals surface area contributed by atoms with E-state index in [1.165, 1.54) is 12.1 Å². The summed E-state index contributed by atoms with van der Waals surface area (Å²) >= 11 is 3.46. The molecule has 0 bridgehead atoms. The van der Waals surface area contributed by atoms with Gasteiger partial charge in [0, 0.05) is 22.8 Å². The molecule has 104 valence electrons. The Bertz CT molecular complexity index is 663. The van der Waals surface area contributed by atoms with E-state index in [0.29, 0.717) is 23.7 Å². The summed E-state index contributed by atoms with van der Waals surface area (Å²) in [6, 6.07) is 7.88. The van der Waals surface area contributed by atoms with Crippen LogP contribution in [-0.4, -0.2) is 11.9 Å². The Morgan fingerprint density at radius 3 is 2.70 bits per heavy atom. The Morgan fingerprint density at radius 2 is 1.95 bits per heavy atom. The Labute approximate surface area is 123 Å². The molecule has 0 spiro atoms. The number of aromatic hydroxyl groups is 1. The molecule has 0 aromatic heterocycles. The lowest BCUT2D eigenvalue weighted by atomic mass is 10.2. The topological polar surface area (TPSA) is 50.7 Å². The molecule has 2 aromatic carbocycles. The second-order valence-electron chi connectivity index (χ2n) is 4.32. The van der Waals surface area contributed by atoms with Crippen LogP contribution in [0, 0.1) is 5.82 Å². The van der Waals surface area contributed by atoms with E-state index in [1.54, 1.807) is 6.07 Å². The van der Waals surface area contributed by atoms with Crippen molar-refractivity contribution >= 4 is 21.6 Å². The van der Waals surface area contributed by atoms with Crippen molar-refractivity contribution in [2.45, 2.75) is 6.54 Å². The molecule has 0 saturated heterocycles. The summed E-state index contributed by atoms with van der Waals surface area (Å²) in [4.78, 5) is 0. The van der Waals surface area contributed by atoms with Crippen LogP contribution in [0.2, 0.25) is 0 Å². The fourth-order valence-corrected chi connectivity index (χ4v) is 2.37. The quantitative estimate of drug-likeness (QED) is 0.838. The number of anilines is 1. The van der Waals surface area contributed by atoms with Crippen molar-refractivity contribution in [2.75, 3.05) is 12.1 Å². The molecule has 1 aliphatic heterocycles. The summed E-state index contributed by atoms with van der Waals surface area (Å²) < 4.78 is 24.7. The standard InChI is InChI=1S/C14H11BrFNO3/c15-10-5-14-13(19-7-20-14)3-8(10)6-17-9-1-2-12(18)11(16)4-9/h1-5,17-18H,6-7H2. The van der Waals surface area contributed by atoms with E-state index in [9.17, 15) is 4.39 Å². The number of hydrogen-bond acceptors (Lipinski definition) is 4. The van der Waals surface area contributed by atoms with Gasteiger partial charge in [0.2, 0.25) is 6.79 Å². The molecule has 0 fully saturated rings. The maximum atomic E-state index is 13.2. The smallest absolute Gasteiger partial charge is 0.231 e. The van der Waals surface area contributed by atoms with Gasteiger partial charge >= 0.3 is 0 Å². The molecule has 0 unspecified atom stereocenters. The van der Waals surface area contributed by atoms with Gasteiger partial charge in [0.05, 0.1) is 0 Å². The van der Waals surface area contributed by atoms with E-state index >= 15 is 0 Å². The fraction of sp³-hybridized carbons (Fsp3) is 0.143. The normalized spacial score (nSPS) is 12.5. The van der Waals surface area contributed by atoms with Gasteiger partial charge in [-0.05, 0) is 29.8 Å². The Hall–Kier alpha value is -1.95. The minimum absolute atomic E-state index is 0.224. The van der Waals surface area contributed by atoms with Gasteiger partial charge in [0.15, 0.2) is 23.1 Å². The van der Waals surface area contributed by atoms with Crippen molar-refractivity contribution in [2.24, 2.45) is 0 Å². The number of phenolic OH excluding ortho intramolecular Hbond substituents is 1. The molecule has 2 aromatic rings. The lowest BCUT2D eigenvalue weighted by Crippen LogP contribution is -2.00. The SMILES string of the molecule is Oc1ccc(NCc2cc3c(cc2Br)OCO3)cc1F. The molecule has 20 heavy (non-hydrogen) atoms. The van der Waals surface area contributed by atoms with Gasteiger partial charge in [-0.2, -0.15) is 0 Å². The molecular weight excluding hydrogens is 329 g/mol. The first kappa shape index (κ1) is 13.1. The average Bonchev–Trinajstić information content (AvgIpc) is 2.87. The van der Waals surface area contributed by atoms with Crippen LogP contribution in [0.3, 0.4) is 0 Å². The number of phenols is 1. The van der Waals surface area contributed by atoms with Crippen molar-refractivity contribution in [1.29, 1.82) is 0 Å². The number of rotatable bonds is 3. The Balaban J connectivity index is 1.76. The minimum Gasteiger partial charge on any atom is -0.505 e. The fourth-order valence-electron chi connectivity index (χ4n) is 1.91. The molecule has 1 aliphatic rings. The third kappa shape index (κ3) is 2.51. The molecule has 6 heteroatoms. The number of ether oxygens (including phenoxy) is 2. The van der Waals surface area contributed by atoms with Gasteiger partial charge in [0.1, 0.15) is 0 Å². The van der Waals surface area contributed by atoms with Crippen LogP contribution in [0.25, 0.3) is 0 Å². The molecule has 0 atom stereocenters. The number of halogens is 2. The number of hydrogen-bond donors (Lipinski definition) is 2. The molecule has 0 amide bonds. The largest absolute Gasteiger partial charge is 0.505 e. The first-order chi connectivity index (χ1) is 9.63. The zero-order valence-corrected chi connectivity index (χ0v) is 11.9. The first-order valence-electron chi connectivity index (χ1n) is 5.94. The van der Waals surface area contributed by atoms with Gasteiger partial charge in [-0.25, -0.2) is 4.39 Å². The highest BCUT2D eigenvalue weighted by Crippen LogP contribution is 2.37. The van der Waals surface area contributed by atoms with Crippen LogP contribution in [0.4, 0.5) is 10.1 Å². The van der Waals surface area contributed by atoms with Crippen molar-refractivity contribution in [3.8, 4) is 17.2 Å². The molecule has 0 saturated carbocycles. The number of nitrogens with one attached hydrogen (secondary N) is 1. The third-order valence-electron chi connectivity index (χ3n) is 2.97. The molecule has 0 aliphatic carbocycles. The second-order valence-corrected chi connectivity index (χ2v) is 5.17. The number of benzene rings is 2. The summed E-state index contributed by atoms with van der Waals surface area (Å²) in [5.74, 6) is 0.387. The van der Waals surface area contributed by atoms with Crippen molar-refractivity contribution in [1.82, 2.24) is 0 Å².